The summed E-state index contributed by atoms with van der Waals surface area (Å²) in [5.41, 5.74) is 2.88. The van der Waals surface area contributed by atoms with Crippen molar-refractivity contribution < 1.29 is 9.63 Å². The Balaban J connectivity index is 1.96. The fraction of sp³-hybridized carbons (Fsp3) is 0.250. The molecule has 104 valence electrons. The zero-order valence-electron chi connectivity index (χ0n) is 11.7. The Morgan fingerprint density at radius 3 is 2.50 bits per heavy atom. The van der Waals surface area contributed by atoms with E-state index < -0.39 is 0 Å². The molecule has 0 spiro atoms. The van der Waals surface area contributed by atoms with Gasteiger partial charge in [-0.3, -0.25) is 14.6 Å². The Labute approximate surface area is 119 Å². The Morgan fingerprint density at radius 1 is 1.15 bits per heavy atom. The maximum Gasteiger partial charge on any atom is 0.277 e. The van der Waals surface area contributed by atoms with Crippen molar-refractivity contribution in [2.45, 2.75) is 12.8 Å². The second kappa shape index (κ2) is 6.82. The molecule has 0 saturated heterocycles. The fourth-order valence-corrected chi connectivity index (χ4v) is 1.90. The van der Waals surface area contributed by atoms with Crippen molar-refractivity contribution in [2.24, 2.45) is 0 Å². The van der Waals surface area contributed by atoms with Crippen molar-refractivity contribution in [1.29, 1.82) is 0 Å². The minimum atomic E-state index is -0.149. The van der Waals surface area contributed by atoms with Gasteiger partial charge >= 0.3 is 0 Å². The van der Waals surface area contributed by atoms with E-state index in [0.717, 1.165) is 18.5 Å². The van der Waals surface area contributed by atoms with Crippen LogP contribution in [0.15, 0.2) is 48.7 Å². The highest BCUT2D eigenvalue weighted by Gasteiger charge is 2.10. The quantitative estimate of drug-likeness (QED) is 0.784. The lowest BCUT2D eigenvalue weighted by Crippen LogP contribution is -2.25. The van der Waals surface area contributed by atoms with Crippen LogP contribution in [-0.4, -0.2) is 30.1 Å². The highest BCUT2D eigenvalue weighted by Crippen LogP contribution is 2.09. The van der Waals surface area contributed by atoms with Gasteiger partial charge in [0.2, 0.25) is 0 Å². The molecule has 0 saturated carbocycles. The maximum atomic E-state index is 11.9. The number of benzene rings is 1. The summed E-state index contributed by atoms with van der Waals surface area (Å²) in [7, 11) is 3.07. The van der Waals surface area contributed by atoms with Gasteiger partial charge in [0.1, 0.15) is 0 Å². The Kier molecular flexibility index (Phi) is 4.85. The number of rotatable bonds is 5. The highest BCUT2D eigenvalue weighted by atomic mass is 16.7. The van der Waals surface area contributed by atoms with Crippen LogP contribution < -0.4 is 0 Å². The summed E-state index contributed by atoms with van der Waals surface area (Å²) in [6, 6.07) is 13.5. The molecule has 1 aromatic carbocycles. The van der Waals surface area contributed by atoms with Gasteiger partial charge in [0.25, 0.3) is 5.91 Å². The number of nitrogens with zero attached hydrogens (tertiary/aromatic N) is 2. The van der Waals surface area contributed by atoms with Crippen molar-refractivity contribution in [3.05, 3.63) is 65.5 Å². The summed E-state index contributed by atoms with van der Waals surface area (Å²) in [5.74, 6) is -0.149. The first-order valence-electron chi connectivity index (χ1n) is 6.51. The smallest absolute Gasteiger partial charge is 0.274 e. The molecule has 2 aromatic rings. The van der Waals surface area contributed by atoms with Gasteiger partial charge in [0, 0.05) is 24.5 Å². The number of aryl methyl sites for hydroxylation is 2. The predicted octanol–water partition coefficient (Wildman–Crippen LogP) is 2.50. The van der Waals surface area contributed by atoms with Crippen LogP contribution >= 0.6 is 0 Å². The van der Waals surface area contributed by atoms with E-state index in [-0.39, 0.29) is 5.91 Å². The largest absolute Gasteiger partial charge is 0.277 e. The van der Waals surface area contributed by atoms with E-state index in [1.54, 1.807) is 13.2 Å². The lowest BCUT2D eigenvalue weighted by Gasteiger charge is -2.13. The molecule has 2 rings (SSSR count). The number of hydrogen-bond acceptors (Lipinski definition) is 3. The monoisotopic (exact) mass is 270 g/mol. The molecular weight excluding hydrogens is 252 g/mol. The molecule has 0 aliphatic carbocycles. The average molecular weight is 270 g/mol. The lowest BCUT2D eigenvalue weighted by atomic mass is 10.1. The van der Waals surface area contributed by atoms with Crippen molar-refractivity contribution in [3.8, 4) is 0 Å². The van der Waals surface area contributed by atoms with E-state index in [4.69, 9.17) is 4.84 Å². The second-order valence-corrected chi connectivity index (χ2v) is 4.50. The number of amides is 1. The number of hydrogen-bond donors (Lipinski definition) is 0. The zero-order chi connectivity index (χ0) is 14.4. The Hall–Kier alpha value is -2.20. The minimum Gasteiger partial charge on any atom is -0.274 e. The number of hydroxylamine groups is 2. The number of carbonyl (C=O) groups excluding carboxylic acids is 1. The molecule has 0 atom stereocenters. The van der Waals surface area contributed by atoms with Gasteiger partial charge in [0.05, 0.1) is 7.11 Å². The molecule has 0 unspecified atom stereocenters. The summed E-state index contributed by atoms with van der Waals surface area (Å²) in [4.78, 5) is 21.0. The third kappa shape index (κ3) is 3.65. The summed E-state index contributed by atoms with van der Waals surface area (Å²) >= 11 is 0. The van der Waals surface area contributed by atoms with Gasteiger partial charge in [-0.1, -0.05) is 18.2 Å². The Bertz CT molecular complexity index is 552. The fourth-order valence-electron chi connectivity index (χ4n) is 1.90. The van der Waals surface area contributed by atoms with Crippen LogP contribution in [0.3, 0.4) is 0 Å². The number of aromatic nitrogens is 1. The molecule has 20 heavy (non-hydrogen) atoms. The first-order chi connectivity index (χ1) is 9.70. The molecule has 4 heteroatoms. The summed E-state index contributed by atoms with van der Waals surface area (Å²) in [6.45, 7) is 0. The van der Waals surface area contributed by atoms with Crippen LogP contribution in [0.25, 0.3) is 0 Å². The van der Waals surface area contributed by atoms with Crippen LogP contribution in [0.1, 0.15) is 21.6 Å². The van der Waals surface area contributed by atoms with E-state index in [0.29, 0.717) is 5.56 Å². The van der Waals surface area contributed by atoms with E-state index in [1.807, 2.05) is 42.5 Å². The molecule has 0 aliphatic heterocycles. The molecule has 0 radical (unpaired) electrons. The second-order valence-electron chi connectivity index (χ2n) is 4.50. The van der Waals surface area contributed by atoms with Crippen LogP contribution in [0, 0.1) is 0 Å². The van der Waals surface area contributed by atoms with E-state index in [1.165, 1.54) is 17.7 Å². The highest BCUT2D eigenvalue weighted by molar-refractivity contribution is 5.93. The van der Waals surface area contributed by atoms with Gasteiger partial charge < -0.3 is 0 Å². The van der Waals surface area contributed by atoms with E-state index >= 15 is 0 Å². The van der Waals surface area contributed by atoms with Gasteiger partial charge in [-0.25, -0.2) is 5.06 Å². The van der Waals surface area contributed by atoms with Gasteiger partial charge in [-0.2, -0.15) is 0 Å². The minimum absolute atomic E-state index is 0.149. The van der Waals surface area contributed by atoms with Crippen LogP contribution in [0.4, 0.5) is 0 Å². The maximum absolute atomic E-state index is 11.9. The summed E-state index contributed by atoms with van der Waals surface area (Å²) in [5, 5.41) is 1.21. The normalized spacial score (nSPS) is 10.3. The van der Waals surface area contributed by atoms with E-state index in [2.05, 4.69) is 4.98 Å². The van der Waals surface area contributed by atoms with Crippen molar-refractivity contribution in [2.75, 3.05) is 14.2 Å². The number of carbonyl (C=O) groups is 1. The molecule has 0 aliphatic rings. The van der Waals surface area contributed by atoms with E-state index in [9.17, 15) is 4.79 Å². The first-order valence-corrected chi connectivity index (χ1v) is 6.51. The third-order valence-electron chi connectivity index (χ3n) is 3.16. The van der Waals surface area contributed by atoms with Crippen molar-refractivity contribution in [3.63, 3.8) is 0 Å². The van der Waals surface area contributed by atoms with Gasteiger partial charge in [0.15, 0.2) is 0 Å². The summed E-state index contributed by atoms with van der Waals surface area (Å²) < 4.78 is 0. The topological polar surface area (TPSA) is 42.4 Å². The van der Waals surface area contributed by atoms with Crippen LogP contribution in [-0.2, 0) is 17.7 Å². The summed E-state index contributed by atoms with van der Waals surface area (Å²) in [6.07, 6.45) is 3.61. The third-order valence-corrected chi connectivity index (χ3v) is 3.16. The molecule has 0 fully saturated rings. The first kappa shape index (κ1) is 14.2. The van der Waals surface area contributed by atoms with Gasteiger partial charge in [-0.05, 0) is 42.7 Å². The molecule has 0 bridgehead atoms. The van der Waals surface area contributed by atoms with Crippen molar-refractivity contribution >= 4 is 5.91 Å². The molecule has 1 heterocycles. The predicted molar refractivity (Wildman–Crippen MR) is 77.2 cm³/mol. The molecule has 1 amide bonds. The SMILES string of the molecule is CON(C)C(=O)c1ccc(CCc2ccccn2)cc1. The number of pyridine rings is 1. The average Bonchev–Trinajstić information content (AvgIpc) is 2.53. The van der Waals surface area contributed by atoms with Crippen molar-refractivity contribution in [1.82, 2.24) is 10.0 Å². The zero-order valence-corrected chi connectivity index (χ0v) is 11.7. The molecule has 0 N–H and O–H groups in total. The standard InChI is InChI=1S/C16H18N2O2/c1-18(20-2)16(19)14-9-6-13(7-10-14)8-11-15-5-3-4-12-17-15/h3-7,9-10,12H,8,11H2,1-2H3. The molecule has 1 aromatic heterocycles. The van der Waals surface area contributed by atoms with Gasteiger partial charge in [-0.15, -0.1) is 0 Å². The van der Waals surface area contributed by atoms with Crippen LogP contribution in [0.2, 0.25) is 0 Å². The lowest BCUT2D eigenvalue weighted by molar-refractivity contribution is -0.0756. The van der Waals surface area contributed by atoms with Crippen LogP contribution in [0.5, 0.6) is 0 Å². The molecular formula is C16H18N2O2. The molecule has 4 nitrogen and oxygen atoms in total. The Morgan fingerprint density at radius 2 is 1.90 bits per heavy atom.